The summed E-state index contributed by atoms with van der Waals surface area (Å²) < 4.78 is 7.68. The van der Waals surface area contributed by atoms with Crippen LogP contribution >= 0.6 is 0 Å². The molecule has 132 valence electrons. The van der Waals surface area contributed by atoms with Gasteiger partial charge in [-0.05, 0) is 38.8 Å². The lowest BCUT2D eigenvalue weighted by Gasteiger charge is -2.39. The van der Waals surface area contributed by atoms with Crippen LogP contribution in [-0.2, 0) is 11.8 Å². The normalized spacial score (nSPS) is 22.8. The number of carbonyl (C=O) groups excluding carboxylic acids is 1. The fourth-order valence-corrected chi connectivity index (χ4v) is 3.90. The Morgan fingerprint density at radius 3 is 2.80 bits per heavy atom. The number of ether oxygens (including phenoxy) is 1. The largest absolute Gasteiger partial charge is 0.376 e. The molecule has 1 aromatic carbocycles. The third kappa shape index (κ3) is 2.70. The molecule has 1 aromatic heterocycles. The van der Waals surface area contributed by atoms with Gasteiger partial charge in [0.2, 0.25) is 0 Å². The van der Waals surface area contributed by atoms with Crippen LogP contribution in [0.15, 0.2) is 24.3 Å². The predicted molar refractivity (Wildman–Crippen MR) is 95.5 cm³/mol. The lowest BCUT2D eigenvalue weighted by molar-refractivity contribution is 0.0425. The molecule has 0 bridgehead atoms. The number of hydrogen-bond donors (Lipinski definition) is 1. The Bertz CT molecular complexity index is 808. The number of amides is 1. The summed E-state index contributed by atoms with van der Waals surface area (Å²) >= 11 is 0. The molecule has 6 heteroatoms. The zero-order valence-corrected chi connectivity index (χ0v) is 15.0. The van der Waals surface area contributed by atoms with Crippen molar-refractivity contribution in [3.63, 3.8) is 0 Å². The second-order valence-corrected chi connectivity index (χ2v) is 6.89. The molecule has 1 amide bonds. The van der Waals surface area contributed by atoms with E-state index in [-0.39, 0.29) is 18.2 Å². The zero-order chi connectivity index (χ0) is 17.6. The van der Waals surface area contributed by atoms with Crippen molar-refractivity contribution in [2.24, 2.45) is 7.05 Å². The Morgan fingerprint density at radius 1 is 1.32 bits per heavy atom. The molecule has 1 fully saturated rings. The van der Waals surface area contributed by atoms with Gasteiger partial charge in [0.25, 0.3) is 5.91 Å². The van der Waals surface area contributed by atoms with E-state index in [1.807, 2.05) is 54.7 Å². The number of aryl methyl sites for hydroxylation is 2. The van der Waals surface area contributed by atoms with Crippen LogP contribution in [0.2, 0.25) is 0 Å². The van der Waals surface area contributed by atoms with Crippen LogP contribution in [0.4, 0.5) is 5.69 Å². The van der Waals surface area contributed by atoms with Crippen molar-refractivity contribution in [1.29, 1.82) is 0 Å². The van der Waals surface area contributed by atoms with Crippen molar-refractivity contribution >= 4 is 11.6 Å². The van der Waals surface area contributed by atoms with Crippen LogP contribution in [0.3, 0.4) is 0 Å². The summed E-state index contributed by atoms with van der Waals surface area (Å²) in [5, 5.41) is 8.10. The monoisotopic (exact) mass is 340 g/mol. The molecule has 3 heterocycles. The molecule has 0 spiro atoms. The molecule has 2 atom stereocenters. The lowest BCUT2D eigenvalue weighted by Crippen LogP contribution is -2.46. The van der Waals surface area contributed by atoms with Gasteiger partial charge >= 0.3 is 0 Å². The standard InChI is InChI=1S/C19H24N4O2/c1-12-17(13(2)22(3)21-12)18-20-16-9-5-4-8-15(16)19(24)23(18)11-14-7-6-10-25-14/h4-5,8-9,14,18,20H,6-7,10-11H2,1-3H3/t14-,18+/m0/s1. The van der Waals surface area contributed by atoms with E-state index in [4.69, 9.17) is 4.74 Å². The molecule has 0 aliphatic carbocycles. The number of carbonyl (C=O) groups is 1. The van der Waals surface area contributed by atoms with Crippen LogP contribution in [0.1, 0.15) is 46.3 Å². The van der Waals surface area contributed by atoms with Crippen molar-refractivity contribution in [1.82, 2.24) is 14.7 Å². The summed E-state index contributed by atoms with van der Waals surface area (Å²) in [7, 11) is 1.94. The molecule has 6 nitrogen and oxygen atoms in total. The van der Waals surface area contributed by atoms with E-state index in [1.54, 1.807) is 0 Å². The number of rotatable bonds is 3. The maximum Gasteiger partial charge on any atom is 0.257 e. The van der Waals surface area contributed by atoms with Gasteiger partial charge in [-0.25, -0.2) is 0 Å². The fourth-order valence-electron chi connectivity index (χ4n) is 3.90. The van der Waals surface area contributed by atoms with Gasteiger partial charge in [-0.3, -0.25) is 9.48 Å². The van der Waals surface area contributed by atoms with Crippen molar-refractivity contribution in [2.75, 3.05) is 18.5 Å². The SMILES string of the molecule is Cc1nn(C)c(C)c1[C@@H]1Nc2ccccc2C(=O)N1C[C@@H]1CCCO1. The lowest BCUT2D eigenvalue weighted by atomic mass is 10.0. The first-order valence-electron chi connectivity index (χ1n) is 8.84. The third-order valence-corrected chi connectivity index (χ3v) is 5.28. The summed E-state index contributed by atoms with van der Waals surface area (Å²) in [5.74, 6) is 0.0532. The highest BCUT2D eigenvalue weighted by Gasteiger charge is 2.37. The Hall–Kier alpha value is -2.34. The van der Waals surface area contributed by atoms with Crippen LogP contribution in [0.25, 0.3) is 0 Å². The molecule has 1 N–H and O–H groups in total. The number of fused-ring (bicyclic) bond motifs is 1. The molecule has 25 heavy (non-hydrogen) atoms. The molecule has 2 aromatic rings. The first kappa shape index (κ1) is 16.1. The molecule has 2 aliphatic rings. The molecule has 0 radical (unpaired) electrons. The maximum atomic E-state index is 13.2. The molecule has 4 rings (SSSR count). The minimum Gasteiger partial charge on any atom is -0.376 e. The van der Waals surface area contributed by atoms with E-state index in [2.05, 4.69) is 10.4 Å². The zero-order valence-electron chi connectivity index (χ0n) is 15.0. The van der Waals surface area contributed by atoms with Gasteiger partial charge in [-0.2, -0.15) is 5.10 Å². The minimum atomic E-state index is -0.222. The summed E-state index contributed by atoms with van der Waals surface area (Å²) in [6, 6.07) is 7.70. The second kappa shape index (κ2) is 6.19. The first-order chi connectivity index (χ1) is 12.1. The summed E-state index contributed by atoms with van der Waals surface area (Å²) in [5.41, 5.74) is 4.68. The van der Waals surface area contributed by atoms with Crippen LogP contribution < -0.4 is 5.32 Å². The van der Waals surface area contributed by atoms with Gasteiger partial charge in [0.1, 0.15) is 6.17 Å². The predicted octanol–water partition coefficient (Wildman–Crippen LogP) is 2.78. The topological polar surface area (TPSA) is 59.4 Å². The van der Waals surface area contributed by atoms with E-state index >= 15 is 0 Å². The van der Waals surface area contributed by atoms with Gasteiger partial charge in [-0.1, -0.05) is 12.1 Å². The van der Waals surface area contributed by atoms with Gasteiger partial charge in [-0.15, -0.1) is 0 Å². The average Bonchev–Trinajstić information content (AvgIpc) is 3.19. The molecule has 1 saturated heterocycles. The van der Waals surface area contributed by atoms with Gasteiger partial charge in [0.05, 0.1) is 17.4 Å². The van der Waals surface area contributed by atoms with Crippen LogP contribution in [-0.4, -0.2) is 39.8 Å². The maximum absolute atomic E-state index is 13.2. The number of anilines is 1. The van der Waals surface area contributed by atoms with Crippen molar-refractivity contribution in [2.45, 2.75) is 39.0 Å². The highest BCUT2D eigenvalue weighted by Crippen LogP contribution is 2.36. The van der Waals surface area contributed by atoms with E-state index < -0.39 is 0 Å². The summed E-state index contributed by atoms with van der Waals surface area (Å²) in [4.78, 5) is 15.1. The highest BCUT2D eigenvalue weighted by molar-refractivity contribution is 6.01. The Morgan fingerprint density at radius 2 is 2.12 bits per heavy atom. The number of benzene rings is 1. The van der Waals surface area contributed by atoms with Crippen LogP contribution in [0, 0.1) is 13.8 Å². The van der Waals surface area contributed by atoms with Crippen molar-refractivity contribution < 1.29 is 9.53 Å². The quantitative estimate of drug-likeness (QED) is 0.933. The second-order valence-electron chi connectivity index (χ2n) is 6.89. The van der Waals surface area contributed by atoms with Crippen LogP contribution in [0.5, 0.6) is 0 Å². The minimum absolute atomic E-state index is 0.0532. The molecule has 0 saturated carbocycles. The fraction of sp³-hybridized carbons (Fsp3) is 0.474. The molecule has 0 unspecified atom stereocenters. The van der Waals surface area contributed by atoms with Gasteiger partial charge < -0.3 is 15.0 Å². The summed E-state index contributed by atoms with van der Waals surface area (Å²) in [6.07, 6.45) is 1.95. The number of nitrogens with one attached hydrogen (secondary N) is 1. The van der Waals surface area contributed by atoms with Crippen molar-refractivity contribution in [3.8, 4) is 0 Å². The molecular weight excluding hydrogens is 316 g/mol. The number of aromatic nitrogens is 2. The molecular formula is C19H24N4O2. The van der Waals surface area contributed by atoms with E-state index in [1.165, 1.54) is 0 Å². The first-order valence-corrected chi connectivity index (χ1v) is 8.84. The van der Waals surface area contributed by atoms with E-state index in [9.17, 15) is 4.79 Å². The smallest absolute Gasteiger partial charge is 0.257 e. The third-order valence-electron chi connectivity index (χ3n) is 5.28. The average molecular weight is 340 g/mol. The van der Waals surface area contributed by atoms with Gasteiger partial charge in [0, 0.05) is 37.1 Å². The highest BCUT2D eigenvalue weighted by atomic mass is 16.5. The van der Waals surface area contributed by atoms with E-state index in [0.29, 0.717) is 6.54 Å². The number of nitrogens with zero attached hydrogens (tertiary/aromatic N) is 3. The molecule has 2 aliphatic heterocycles. The summed E-state index contributed by atoms with van der Waals surface area (Å²) in [6.45, 7) is 5.43. The Kier molecular flexibility index (Phi) is 4.00. The number of hydrogen-bond acceptors (Lipinski definition) is 4. The van der Waals surface area contributed by atoms with Gasteiger partial charge in [0.15, 0.2) is 0 Å². The van der Waals surface area contributed by atoms with Crippen molar-refractivity contribution in [3.05, 3.63) is 46.8 Å². The number of para-hydroxylation sites is 1. The van der Waals surface area contributed by atoms with E-state index in [0.717, 1.165) is 47.7 Å². The Labute approximate surface area is 147 Å². The Balaban J connectivity index is 1.77.